The Labute approximate surface area is 163 Å². The van der Waals surface area contributed by atoms with Crippen molar-refractivity contribution in [3.05, 3.63) is 94.8 Å². The third-order valence-electron chi connectivity index (χ3n) is 4.15. The summed E-state index contributed by atoms with van der Waals surface area (Å²) in [7, 11) is 0. The maximum Gasteiger partial charge on any atom is 0.249 e. The summed E-state index contributed by atoms with van der Waals surface area (Å²) in [5.41, 5.74) is 9.38. The number of amides is 1. The highest BCUT2D eigenvalue weighted by Gasteiger charge is 2.14. The Bertz CT molecular complexity index is 950. The van der Waals surface area contributed by atoms with Gasteiger partial charge in [-0.25, -0.2) is 0 Å². The van der Waals surface area contributed by atoms with E-state index in [9.17, 15) is 4.79 Å². The summed E-state index contributed by atoms with van der Waals surface area (Å²) in [6, 6.07) is 20.3. The predicted octanol–water partition coefficient (Wildman–Crippen LogP) is 4.73. The van der Waals surface area contributed by atoms with Crippen LogP contribution in [0.4, 0.5) is 0 Å². The summed E-state index contributed by atoms with van der Waals surface area (Å²) in [5.74, 6) is 0.210. The van der Waals surface area contributed by atoms with Crippen LogP contribution in [0.3, 0.4) is 0 Å². The summed E-state index contributed by atoms with van der Waals surface area (Å²) in [4.78, 5) is 16.3. The van der Waals surface area contributed by atoms with Gasteiger partial charge in [-0.15, -0.1) is 0 Å². The van der Waals surface area contributed by atoms with Gasteiger partial charge in [0, 0.05) is 16.8 Å². The van der Waals surface area contributed by atoms with E-state index >= 15 is 0 Å². The van der Waals surface area contributed by atoms with Crippen molar-refractivity contribution in [3.63, 3.8) is 0 Å². The number of pyridine rings is 1. The molecular formula is C22H19ClN2O2. The first-order valence-electron chi connectivity index (χ1n) is 8.44. The van der Waals surface area contributed by atoms with E-state index in [0.29, 0.717) is 23.0 Å². The lowest BCUT2D eigenvalue weighted by molar-refractivity contribution is -0.112. The molecular weight excluding hydrogens is 360 g/mol. The van der Waals surface area contributed by atoms with Crippen LogP contribution in [0.1, 0.15) is 23.7 Å². The van der Waals surface area contributed by atoms with Crippen LogP contribution in [0, 0.1) is 0 Å². The SMILES string of the molecule is CC(=C(C(N)=O)c1ccc(OCc2ccccn2)cc1)c1ccc(Cl)cc1. The number of carbonyl (C=O) groups excluding carboxylic acids is 1. The van der Waals surface area contributed by atoms with Crippen molar-refractivity contribution < 1.29 is 9.53 Å². The molecule has 136 valence electrons. The quantitative estimate of drug-likeness (QED) is 0.498. The van der Waals surface area contributed by atoms with Gasteiger partial charge in [-0.1, -0.05) is 41.9 Å². The lowest BCUT2D eigenvalue weighted by atomic mass is 9.95. The third kappa shape index (κ3) is 4.74. The van der Waals surface area contributed by atoms with E-state index in [2.05, 4.69) is 4.98 Å². The topological polar surface area (TPSA) is 65.2 Å². The molecule has 0 aliphatic rings. The van der Waals surface area contributed by atoms with Crippen LogP contribution < -0.4 is 10.5 Å². The fourth-order valence-corrected chi connectivity index (χ4v) is 2.87. The molecule has 1 amide bonds. The van der Waals surface area contributed by atoms with Gasteiger partial charge in [-0.05, 0) is 60.0 Å². The molecule has 27 heavy (non-hydrogen) atoms. The summed E-state index contributed by atoms with van der Waals surface area (Å²) >= 11 is 5.94. The van der Waals surface area contributed by atoms with Gasteiger partial charge >= 0.3 is 0 Å². The van der Waals surface area contributed by atoms with E-state index in [4.69, 9.17) is 22.1 Å². The Kier molecular flexibility index (Phi) is 5.89. The van der Waals surface area contributed by atoms with Gasteiger partial charge in [-0.3, -0.25) is 9.78 Å². The standard InChI is InChI=1S/C22H19ClN2O2/c1-15(16-5-9-18(23)10-6-16)21(22(24)26)17-7-11-20(12-8-17)27-14-19-4-2-3-13-25-19/h2-13H,14H2,1H3,(H2,24,26). The number of nitrogens with zero attached hydrogens (tertiary/aromatic N) is 1. The van der Waals surface area contributed by atoms with Crippen LogP contribution in [0.2, 0.25) is 5.02 Å². The fraction of sp³-hybridized carbons (Fsp3) is 0.0909. The molecule has 5 heteroatoms. The number of carbonyl (C=O) groups is 1. The molecule has 0 spiro atoms. The minimum absolute atomic E-state index is 0.377. The number of allylic oxidation sites excluding steroid dienone is 1. The van der Waals surface area contributed by atoms with Crippen molar-refractivity contribution in [1.82, 2.24) is 4.98 Å². The molecule has 3 rings (SSSR count). The van der Waals surface area contributed by atoms with Crippen molar-refractivity contribution in [3.8, 4) is 5.75 Å². The van der Waals surface area contributed by atoms with E-state index in [1.54, 1.807) is 18.3 Å². The molecule has 0 radical (unpaired) electrons. The highest BCUT2D eigenvalue weighted by atomic mass is 35.5. The Morgan fingerprint density at radius 3 is 2.26 bits per heavy atom. The van der Waals surface area contributed by atoms with Crippen LogP contribution in [-0.4, -0.2) is 10.9 Å². The van der Waals surface area contributed by atoms with E-state index in [0.717, 1.165) is 22.4 Å². The van der Waals surface area contributed by atoms with Crippen molar-refractivity contribution in [1.29, 1.82) is 0 Å². The number of primary amides is 1. The molecule has 3 aromatic rings. The zero-order valence-corrected chi connectivity index (χ0v) is 15.6. The Morgan fingerprint density at radius 2 is 1.67 bits per heavy atom. The Morgan fingerprint density at radius 1 is 1.00 bits per heavy atom. The normalized spacial score (nSPS) is 11.6. The number of hydrogen-bond donors (Lipinski definition) is 1. The second-order valence-electron chi connectivity index (χ2n) is 6.01. The van der Waals surface area contributed by atoms with Gasteiger partial charge < -0.3 is 10.5 Å². The first-order valence-corrected chi connectivity index (χ1v) is 8.82. The minimum Gasteiger partial charge on any atom is -0.487 e. The lowest BCUT2D eigenvalue weighted by Gasteiger charge is -2.12. The van der Waals surface area contributed by atoms with Crippen molar-refractivity contribution in [2.75, 3.05) is 0 Å². The molecule has 0 fully saturated rings. The van der Waals surface area contributed by atoms with E-state index < -0.39 is 5.91 Å². The van der Waals surface area contributed by atoms with Gasteiger partial charge in [0.1, 0.15) is 12.4 Å². The molecule has 1 heterocycles. The first-order chi connectivity index (χ1) is 13.0. The van der Waals surface area contributed by atoms with Gasteiger partial charge in [0.05, 0.1) is 5.69 Å². The molecule has 0 unspecified atom stereocenters. The van der Waals surface area contributed by atoms with Crippen LogP contribution in [0.25, 0.3) is 11.1 Å². The maximum atomic E-state index is 12.1. The van der Waals surface area contributed by atoms with Crippen molar-refractivity contribution in [2.45, 2.75) is 13.5 Å². The maximum absolute atomic E-state index is 12.1. The minimum atomic E-state index is -0.482. The zero-order chi connectivity index (χ0) is 19.2. The Balaban J connectivity index is 1.83. The number of benzene rings is 2. The molecule has 1 aromatic heterocycles. The first kappa shape index (κ1) is 18.7. The van der Waals surface area contributed by atoms with Gasteiger partial charge in [-0.2, -0.15) is 0 Å². The van der Waals surface area contributed by atoms with Crippen LogP contribution in [-0.2, 0) is 11.4 Å². The van der Waals surface area contributed by atoms with Crippen molar-refractivity contribution >= 4 is 28.7 Å². The summed E-state index contributed by atoms with van der Waals surface area (Å²) in [6.07, 6.45) is 1.73. The van der Waals surface area contributed by atoms with Gasteiger partial charge in [0.25, 0.3) is 0 Å². The zero-order valence-electron chi connectivity index (χ0n) is 14.9. The van der Waals surface area contributed by atoms with Gasteiger partial charge in [0.2, 0.25) is 5.91 Å². The molecule has 2 aromatic carbocycles. The number of hydrogen-bond acceptors (Lipinski definition) is 3. The number of rotatable bonds is 6. The van der Waals surface area contributed by atoms with Crippen LogP contribution >= 0.6 is 11.6 Å². The molecule has 0 bridgehead atoms. The van der Waals surface area contributed by atoms with Crippen molar-refractivity contribution in [2.24, 2.45) is 5.73 Å². The second-order valence-corrected chi connectivity index (χ2v) is 6.44. The molecule has 0 saturated heterocycles. The number of halogens is 1. The van der Waals surface area contributed by atoms with E-state index in [1.807, 2.05) is 61.5 Å². The van der Waals surface area contributed by atoms with E-state index in [-0.39, 0.29) is 0 Å². The highest BCUT2D eigenvalue weighted by Crippen LogP contribution is 2.28. The molecule has 2 N–H and O–H groups in total. The molecule has 4 nitrogen and oxygen atoms in total. The average Bonchev–Trinajstić information content (AvgIpc) is 2.68. The van der Waals surface area contributed by atoms with Crippen LogP contribution in [0.15, 0.2) is 72.9 Å². The molecule has 0 saturated carbocycles. The second kappa shape index (κ2) is 8.52. The van der Waals surface area contributed by atoms with E-state index in [1.165, 1.54) is 0 Å². The monoisotopic (exact) mass is 378 g/mol. The van der Waals surface area contributed by atoms with Crippen LogP contribution in [0.5, 0.6) is 5.75 Å². The number of ether oxygens (including phenoxy) is 1. The smallest absolute Gasteiger partial charge is 0.249 e. The molecule has 0 aliphatic carbocycles. The lowest BCUT2D eigenvalue weighted by Crippen LogP contribution is -2.14. The predicted molar refractivity (Wildman–Crippen MR) is 108 cm³/mol. The van der Waals surface area contributed by atoms with Gasteiger partial charge in [0.15, 0.2) is 0 Å². The number of aromatic nitrogens is 1. The molecule has 0 aliphatic heterocycles. The third-order valence-corrected chi connectivity index (χ3v) is 4.41. The summed E-state index contributed by atoms with van der Waals surface area (Å²) < 4.78 is 5.74. The highest BCUT2D eigenvalue weighted by molar-refractivity contribution is 6.30. The summed E-state index contributed by atoms with van der Waals surface area (Å²) in [5, 5.41) is 0.640. The number of nitrogens with two attached hydrogens (primary N) is 1. The fourth-order valence-electron chi connectivity index (χ4n) is 2.75. The Hall–Kier alpha value is -3.11. The largest absolute Gasteiger partial charge is 0.487 e. The average molecular weight is 379 g/mol. The molecule has 0 atom stereocenters. The summed E-state index contributed by atoms with van der Waals surface area (Å²) in [6.45, 7) is 2.25.